The maximum Gasteiger partial charge on any atom is 0.306 e. The minimum atomic E-state index is -0.958. The predicted molar refractivity (Wildman–Crippen MR) is 69.8 cm³/mol. The van der Waals surface area contributed by atoms with Gasteiger partial charge in [0.05, 0.1) is 12.5 Å². The summed E-state index contributed by atoms with van der Waals surface area (Å²) in [5.74, 6) is -0.433. The van der Waals surface area contributed by atoms with Gasteiger partial charge in [0.25, 0.3) is 0 Å². The zero-order valence-corrected chi connectivity index (χ0v) is 10.5. The van der Waals surface area contributed by atoms with Crippen molar-refractivity contribution < 1.29 is 15.0 Å². The minimum absolute atomic E-state index is 0.201. The van der Waals surface area contributed by atoms with E-state index < -0.39 is 12.1 Å². The topological polar surface area (TPSA) is 60.8 Å². The second kappa shape index (κ2) is 5.40. The van der Waals surface area contributed by atoms with Gasteiger partial charge in [-0.1, -0.05) is 25.1 Å². The number of carboxylic acid groups (broad SMARTS) is 1. The van der Waals surface area contributed by atoms with Gasteiger partial charge in [0.15, 0.2) is 0 Å². The van der Waals surface area contributed by atoms with Crippen LogP contribution in [0.15, 0.2) is 24.3 Å². The van der Waals surface area contributed by atoms with Crippen LogP contribution >= 0.6 is 0 Å². The summed E-state index contributed by atoms with van der Waals surface area (Å²) in [6.07, 6.45) is 0.0234. The Balaban J connectivity index is 2.11. The summed E-state index contributed by atoms with van der Waals surface area (Å²) in [6.45, 7) is 3.42. The Kier molecular flexibility index (Phi) is 3.87. The summed E-state index contributed by atoms with van der Waals surface area (Å²) in [6, 6.07) is 8.13. The van der Waals surface area contributed by atoms with Gasteiger partial charge in [-0.25, -0.2) is 0 Å². The lowest BCUT2D eigenvalue weighted by Gasteiger charge is -2.35. The molecule has 0 saturated heterocycles. The van der Waals surface area contributed by atoms with Gasteiger partial charge in [0.1, 0.15) is 0 Å². The molecule has 0 fully saturated rings. The first-order valence-corrected chi connectivity index (χ1v) is 6.29. The van der Waals surface area contributed by atoms with Gasteiger partial charge in [-0.05, 0) is 24.0 Å². The van der Waals surface area contributed by atoms with E-state index in [1.807, 2.05) is 18.2 Å². The van der Waals surface area contributed by atoms with Crippen molar-refractivity contribution in [3.05, 3.63) is 29.8 Å². The van der Waals surface area contributed by atoms with Crippen molar-refractivity contribution in [2.45, 2.75) is 25.9 Å². The van der Waals surface area contributed by atoms with Crippen LogP contribution in [-0.2, 0) is 11.2 Å². The van der Waals surface area contributed by atoms with Gasteiger partial charge in [0, 0.05) is 18.8 Å². The molecule has 1 aliphatic rings. The third kappa shape index (κ3) is 3.01. The molecule has 2 atom stereocenters. The molecule has 1 aromatic rings. The number of rotatable bonds is 4. The van der Waals surface area contributed by atoms with Gasteiger partial charge < -0.3 is 15.1 Å². The molecule has 0 aromatic heterocycles. The Morgan fingerprint density at radius 1 is 1.50 bits per heavy atom. The molecule has 98 valence electrons. The fourth-order valence-electron chi connectivity index (χ4n) is 2.60. The van der Waals surface area contributed by atoms with Crippen LogP contribution in [0.5, 0.6) is 0 Å². The van der Waals surface area contributed by atoms with Crippen molar-refractivity contribution in [3.8, 4) is 0 Å². The third-order valence-electron chi connectivity index (χ3n) is 3.27. The van der Waals surface area contributed by atoms with Crippen LogP contribution in [0.1, 0.15) is 18.9 Å². The lowest BCUT2D eigenvalue weighted by atomic mass is 9.93. The second-order valence-electron chi connectivity index (χ2n) is 5.09. The smallest absolute Gasteiger partial charge is 0.306 e. The van der Waals surface area contributed by atoms with Crippen molar-refractivity contribution >= 4 is 11.7 Å². The lowest BCUT2D eigenvalue weighted by Crippen LogP contribution is -2.40. The molecule has 1 heterocycles. The van der Waals surface area contributed by atoms with Crippen LogP contribution in [0, 0.1) is 5.92 Å². The summed E-state index contributed by atoms with van der Waals surface area (Å²) < 4.78 is 0. The highest BCUT2D eigenvalue weighted by molar-refractivity contribution is 5.67. The molecular weight excluding hydrogens is 230 g/mol. The van der Waals surface area contributed by atoms with E-state index in [0.717, 1.165) is 18.7 Å². The van der Waals surface area contributed by atoms with Gasteiger partial charge in [-0.3, -0.25) is 4.79 Å². The number of carboxylic acids is 1. The number of hydrogen-bond acceptors (Lipinski definition) is 3. The van der Waals surface area contributed by atoms with Gasteiger partial charge in [-0.2, -0.15) is 0 Å². The molecule has 2 unspecified atom stereocenters. The molecule has 0 radical (unpaired) electrons. The zero-order valence-electron chi connectivity index (χ0n) is 10.5. The molecular formula is C14H19NO3. The quantitative estimate of drug-likeness (QED) is 0.849. The van der Waals surface area contributed by atoms with Crippen LogP contribution in [0.25, 0.3) is 0 Å². The normalized spacial score (nSPS) is 20.3. The number of anilines is 1. The van der Waals surface area contributed by atoms with E-state index in [9.17, 15) is 9.90 Å². The first kappa shape index (κ1) is 12.9. The van der Waals surface area contributed by atoms with Crippen LogP contribution in [-0.4, -0.2) is 35.4 Å². The lowest BCUT2D eigenvalue weighted by molar-refractivity contribution is -0.139. The van der Waals surface area contributed by atoms with E-state index in [4.69, 9.17) is 5.11 Å². The minimum Gasteiger partial charge on any atom is -0.481 e. The third-order valence-corrected chi connectivity index (χ3v) is 3.27. The number of nitrogens with zero attached hydrogens (tertiary/aromatic N) is 1. The fraction of sp³-hybridized carbons (Fsp3) is 0.500. The molecule has 4 heteroatoms. The van der Waals surface area contributed by atoms with E-state index in [-0.39, 0.29) is 6.42 Å². The molecule has 4 nitrogen and oxygen atoms in total. The standard InChI is InChI=1S/C14H19NO3/c1-10-6-11-4-2-3-5-13(11)15(8-10)9-12(16)7-14(17)18/h2-5,10,12,16H,6-9H2,1H3,(H,17,18). The van der Waals surface area contributed by atoms with Crippen molar-refractivity contribution in [2.75, 3.05) is 18.0 Å². The molecule has 1 aliphatic heterocycles. The highest BCUT2D eigenvalue weighted by atomic mass is 16.4. The number of β-amino-alcohol motifs (C(OH)–C–C–N with tert-alkyl or cyclic N) is 1. The summed E-state index contributed by atoms with van der Waals surface area (Å²) in [5, 5.41) is 18.4. The molecule has 0 aliphatic carbocycles. The number of aliphatic hydroxyl groups is 1. The summed E-state index contributed by atoms with van der Waals surface area (Å²) in [5.41, 5.74) is 2.40. The van der Waals surface area contributed by atoms with Crippen molar-refractivity contribution in [2.24, 2.45) is 5.92 Å². The highest BCUT2D eigenvalue weighted by Crippen LogP contribution is 2.29. The molecule has 2 N–H and O–H groups in total. The average molecular weight is 249 g/mol. The number of aliphatic hydroxyl groups excluding tert-OH is 1. The van der Waals surface area contributed by atoms with Crippen LogP contribution < -0.4 is 4.90 Å². The Bertz CT molecular complexity index is 433. The molecule has 0 amide bonds. The number of para-hydroxylation sites is 1. The first-order valence-electron chi connectivity index (χ1n) is 6.29. The largest absolute Gasteiger partial charge is 0.481 e. The van der Waals surface area contributed by atoms with E-state index in [1.165, 1.54) is 5.56 Å². The fourth-order valence-corrected chi connectivity index (χ4v) is 2.60. The molecule has 1 aromatic carbocycles. The number of fused-ring (bicyclic) bond motifs is 1. The average Bonchev–Trinajstić information content (AvgIpc) is 2.27. The highest BCUT2D eigenvalue weighted by Gasteiger charge is 2.23. The number of aliphatic carboxylic acids is 1. The number of benzene rings is 1. The van der Waals surface area contributed by atoms with E-state index in [0.29, 0.717) is 12.5 Å². The summed E-state index contributed by atoms with van der Waals surface area (Å²) in [7, 11) is 0. The van der Waals surface area contributed by atoms with Gasteiger partial charge in [0.2, 0.25) is 0 Å². The van der Waals surface area contributed by atoms with Crippen molar-refractivity contribution in [3.63, 3.8) is 0 Å². The van der Waals surface area contributed by atoms with Crippen molar-refractivity contribution in [1.29, 1.82) is 0 Å². The maximum atomic E-state index is 10.6. The van der Waals surface area contributed by atoms with E-state index >= 15 is 0 Å². The Morgan fingerprint density at radius 2 is 2.22 bits per heavy atom. The monoisotopic (exact) mass is 249 g/mol. The van der Waals surface area contributed by atoms with E-state index in [1.54, 1.807) is 0 Å². The van der Waals surface area contributed by atoms with Crippen molar-refractivity contribution in [1.82, 2.24) is 0 Å². The molecule has 2 rings (SSSR count). The predicted octanol–water partition coefficient (Wildman–Crippen LogP) is 1.52. The Morgan fingerprint density at radius 3 is 2.94 bits per heavy atom. The zero-order chi connectivity index (χ0) is 13.1. The molecule has 18 heavy (non-hydrogen) atoms. The number of carbonyl (C=O) groups is 1. The molecule has 0 saturated carbocycles. The van der Waals surface area contributed by atoms with Crippen LogP contribution in [0.4, 0.5) is 5.69 Å². The van der Waals surface area contributed by atoms with Crippen LogP contribution in [0.3, 0.4) is 0 Å². The molecule has 0 bridgehead atoms. The molecule has 0 spiro atoms. The Labute approximate surface area is 107 Å². The van der Waals surface area contributed by atoms with Gasteiger partial charge in [-0.15, -0.1) is 0 Å². The summed E-state index contributed by atoms with van der Waals surface area (Å²) >= 11 is 0. The SMILES string of the molecule is CC1Cc2ccccc2N(CC(O)CC(=O)O)C1. The Hall–Kier alpha value is -1.55. The maximum absolute atomic E-state index is 10.6. The second-order valence-corrected chi connectivity index (χ2v) is 5.09. The van der Waals surface area contributed by atoms with Crippen LogP contribution in [0.2, 0.25) is 0 Å². The van der Waals surface area contributed by atoms with Gasteiger partial charge >= 0.3 is 5.97 Å². The number of hydrogen-bond donors (Lipinski definition) is 2. The summed E-state index contributed by atoms with van der Waals surface area (Å²) in [4.78, 5) is 12.7. The van der Waals surface area contributed by atoms with E-state index in [2.05, 4.69) is 17.9 Å². The first-order chi connectivity index (χ1) is 8.56.